The Bertz CT molecular complexity index is 1340. The van der Waals surface area contributed by atoms with Crippen LogP contribution in [0.25, 0.3) is 0 Å². The van der Waals surface area contributed by atoms with E-state index in [-0.39, 0.29) is 36.1 Å². The molecule has 2 aromatic carbocycles. The molecule has 2 fully saturated rings. The standard InChI is InChI=1S/C22H19N3O8S/c26-20-12-31-8-7-23(20)13-5-6-15-17(9-13)32-11-16-18(33-22(28)25(15)16)10-24-21(27)14-3-1-2-4-19(14)34(24,29)30/h1-6,9,16,18H,7-8,10-12H2/t16-,18-/m0/s1. The molecule has 2 aromatic rings. The van der Waals surface area contributed by atoms with E-state index in [2.05, 4.69) is 0 Å². The van der Waals surface area contributed by atoms with Crippen molar-refractivity contribution in [2.75, 3.05) is 42.7 Å². The lowest BCUT2D eigenvalue weighted by Gasteiger charge is -2.33. The van der Waals surface area contributed by atoms with E-state index < -0.39 is 34.2 Å². The predicted octanol–water partition coefficient (Wildman–Crippen LogP) is 0.981. The van der Waals surface area contributed by atoms with Crippen molar-refractivity contribution in [1.29, 1.82) is 0 Å². The first-order valence-electron chi connectivity index (χ1n) is 10.7. The van der Waals surface area contributed by atoms with Crippen molar-refractivity contribution < 1.29 is 37.0 Å². The molecule has 2 atom stereocenters. The van der Waals surface area contributed by atoms with Crippen LogP contribution in [0.4, 0.5) is 16.2 Å². The first-order chi connectivity index (χ1) is 16.4. The zero-order valence-corrected chi connectivity index (χ0v) is 18.6. The number of benzene rings is 2. The van der Waals surface area contributed by atoms with E-state index in [1.807, 2.05) is 0 Å². The van der Waals surface area contributed by atoms with E-state index in [4.69, 9.17) is 14.2 Å². The molecule has 4 heterocycles. The van der Waals surface area contributed by atoms with E-state index in [1.54, 1.807) is 35.2 Å². The quantitative estimate of drug-likeness (QED) is 0.631. The highest BCUT2D eigenvalue weighted by Gasteiger charge is 2.51. The topological polar surface area (TPSA) is 123 Å². The van der Waals surface area contributed by atoms with Crippen LogP contribution in [-0.4, -0.2) is 75.7 Å². The first kappa shape index (κ1) is 20.9. The third-order valence-corrected chi connectivity index (χ3v) is 8.18. The van der Waals surface area contributed by atoms with Gasteiger partial charge in [0.2, 0.25) is 0 Å². The molecule has 12 heteroatoms. The minimum absolute atomic E-state index is 0.00213. The lowest BCUT2D eigenvalue weighted by atomic mass is 10.1. The molecule has 0 N–H and O–H groups in total. The van der Waals surface area contributed by atoms with Crippen molar-refractivity contribution in [3.8, 4) is 5.75 Å². The number of carbonyl (C=O) groups is 3. The summed E-state index contributed by atoms with van der Waals surface area (Å²) < 4.78 is 43.1. The van der Waals surface area contributed by atoms with Crippen molar-refractivity contribution >= 4 is 39.3 Å². The van der Waals surface area contributed by atoms with Gasteiger partial charge in [0.15, 0.2) is 0 Å². The molecular formula is C22H19N3O8S. The Morgan fingerprint density at radius 2 is 1.88 bits per heavy atom. The van der Waals surface area contributed by atoms with Gasteiger partial charge in [-0.15, -0.1) is 0 Å². The van der Waals surface area contributed by atoms with Crippen molar-refractivity contribution in [3.05, 3.63) is 48.0 Å². The fourth-order valence-corrected chi connectivity index (χ4v) is 6.29. The summed E-state index contributed by atoms with van der Waals surface area (Å²) in [6.07, 6.45) is -1.56. The molecule has 0 saturated carbocycles. The third kappa shape index (κ3) is 2.98. The molecule has 6 rings (SSSR count). The van der Waals surface area contributed by atoms with Crippen molar-refractivity contribution in [3.63, 3.8) is 0 Å². The number of anilines is 2. The number of nitrogens with zero attached hydrogens (tertiary/aromatic N) is 3. The zero-order chi connectivity index (χ0) is 23.6. The molecular weight excluding hydrogens is 466 g/mol. The van der Waals surface area contributed by atoms with Crippen LogP contribution in [0.5, 0.6) is 5.75 Å². The summed E-state index contributed by atoms with van der Waals surface area (Å²) in [5.41, 5.74) is 1.17. The molecule has 4 aliphatic rings. The molecule has 34 heavy (non-hydrogen) atoms. The second kappa shape index (κ2) is 7.43. The Hall–Kier alpha value is -3.64. The number of carbonyl (C=O) groups excluding carboxylic acids is 3. The van der Waals surface area contributed by atoms with Crippen LogP contribution >= 0.6 is 0 Å². The average molecular weight is 485 g/mol. The van der Waals surface area contributed by atoms with Crippen LogP contribution in [0.1, 0.15) is 10.4 Å². The van der Waals surface area contributed by atoms with Crippen LogP contribution in [0.2, 0.25) is 0 Å². The van der Waals surface area contributed by atoms with Gasteiger partial charge in [-0.1, -0.05) is 12.1 Å². The van der Waals surface area contributed by atoms with Gasteiger partial charge in [-0.25, -0.2) is 17.5 Å². The SMILES string of the molecule is O=C1COCCN1c1ccc2c(c1)OC[C@H]1[C@H](CN3C(=O)c4ccccc4S3(=O)=O)OC(=O)N21. The normalized spacial score (nSPS) is 24.9. The van der Waals surface area contributed by atoms with E-state index in [9.17, 15) is 22.8 Å². The summed E-state index contributed by atoms with van der Waals surface area (Å²) in [5, 5.41) is 0. The summed E-state index contributed by atoms with van der Waals surface area (Å²) >= 11 is 0. The number of fused-ring (bicyclic) bond motifs is 4. The lowest BCUT2D eigenvalue weighted by Crippen LogP contribution is -2.49. The molecule has 0 spiro atoms. The van der Waals surface area contributed by atoms with Gasteiger partial charge in [-0.05, 0) is 24.3 Å². The van der Waals surface area contributed by atoms with Gasteiger partial charge in [0, 0.05) is 18.3 Å². The monoisotopic (exact) mass is 485 g/mol. The number of hydrogen-bond donors (Lipinski definition) is 0. The molecule has 0 aromatic heterocycles. The Morgan fingerprint density at radius 3 is 2.68 bits per heavy atom. The molecule has 2 saturated heterocycles. The first-order valence-corrected chi connectivity index (χ1v) is 12.1. The van der Waals surface area contributed by atoms with Crippen LogP contribution < -0.4 is 14.5 Å². The fourth-order valence-electron chi connectivity index (χ4n) is 4.71. The largest absolute Gasteiger partial charge is 0.489 e. The summed E-state index contributed by atoms with van der Waals surface area (Å²) in [6, 6.07) is 10.4. The Balaban J connectivity index is 1.26. The number of ether oxygens (including phenoxy) is 3. The Labute approximate surface area is 194 Å². The number of rotatable bonds is 3. The average Bonchev–Trinajstić information content (AvgIpc) is 3.26. The van der Waals surface area contributed by atoms with E-state index in [0.717, 1.165) is 4.31 Å². The van der Waals surface area contributed by atoms with Gasteiger partial charge in [-0.3, -0.25) is 14.5 Å². The number of cyclic esters (lactones) is 1. The van der Waals surface area contributed by atoms with Crippen LogP contribution in [0, 0.1) is 0 Å². The summed E-state index contributed by atoms with van der Waals surface area (Å²) in [7, 11) is -4.04. The number of hydrogen-bond acceptors (Lipinski definition) is 8. The van der Waals surface area contributed by atoms with Crippen LogP contribution in [0.15, 0.2) is 47.4 Å². The number of morpholine rings is 1. The molecule has 176 valence electrons. The molecule has 0 radical (unpaired) electrons. The van der Waals surface area contributed by atoms with Gasteiger partial charge in [0.1, 0.15) is 36.0 Å². The van der Waals surface area contributed by atoms with Gasteiger partial charge >= 0.3 is 6.09 Å². The molecule has 0 unspecified atom stereocenters. The minimum atomic E-state index is -4.04. The fraction of sp³-hybridized carbons (Fsp3) is 0.318. The Morgan fingerprint density at radius 1 is 1.06 bits per heavy atom. The van der Waals surface area contributed by atoms with E-state index in [0.29, 0.717) is 30.3 Å². The van der Waals surface area contributed by atoms with Gasteiger partial charge < -0.3 is 19.1 Å². The highest BCUT2D eigenvalue weighted by Crippen LogP contribution is 2.42. The zero-order valence-electron chi connectivity index (χ0n) is 17.7. The van der Waals surface area contributed by atoms with Gasteiger partial charge in [0.25, 0.3) is 21.8 Å². The minimum Gasteiger partial charge on any atom is -0.489 e. The van der Waals surface area contributed by atoms with Gasteiger partial charge in [0.05, 0.1) is 24.4 Å². The lowest BCUT2D eigenvalue weighted by molar-refractivity contribution is -0.125. The van der Waals surface area contributed by atoms with Crippen molar-refractivity contribution in [2.45, 2.75) is 17.0 Å². The summed E-state index contributed by atoms with van der Waals surface area (Å²) in [4.78, 5) is 40.6. The van der Waals surface area contributed by atoms with Crippen LogP contribution in [-0.2, 0) is 24.3 Å². The van der Waals surface area contributed by atoms with E-state index in [1.165, 1.54) is 17.0 Å². The predicted molar refractivity (Wildman–Crippen MR) is 116 cm³/mol. The second-order valence-corrected chi connectivity index (χ2v) is 10.1. The van der Waals surface area contributed by atoms with Gasteiger partial charge in [-0.2, -0.15) is 0 Å². The van der Waals surface area contributed by atoms with E-state index >= 15 is 0 Å². The summed E-state index contributed by atoms with van der Waals surface area (Å²) in [6.45, 7) is 0.561. The van der Waals surface area contributed by atoms with Crippen molar-refractivity contribution in [2.24, 2.45) is 0 Å². The maximum Gasteiger partial charge on any atom is 0.415 e. The molecule has 11 nitrogen and oxygen atoms in total. The highest BCUT2D eigenvalue weighted by molar-refractivity contribution is 7.90. The maximum atomic E-state index is 12.9. The third-order valence-electron chi connectivity index (χ3n) is 6.38. The molecule has 0 bridgehead atoms. The smallest absolute Gasteiger partial charge is 0.415 e. The van der Waals surface area contributed by atoms with Crippen molar-refractivity contribution in [1.82, 2.24) is 4.31 Å². The Kier molecular flexibility index (Phi) is 4.58. The highest BCUT2D eigenvalue weighted by atomic mass is 32.2. The second-order valence-electron chi connectivity index (χ2n) is 8.26. The molecule has 3 amide bonds. The molecule has 4 aliphatic heterocycles. The number of amides is 3. The summed E-state index contributed by atoms with van der Waals surface area (Å²) in [5.74, 6) is -0.414. The number of sulfonamides is 1. The maximum absolute atomic E-state index is 12.9. The molecule has 0 aliphatic carbocycles. The van der Waals surface area contributed by atoms with Crippen LogP contribution in [0.3, 0.4) is 0 Å².